The Kier molecular flexibility index (Phi) is 5.28. The molecule has 0 aliphatic rings. The van der Waals surface area contributed by atoms with Gasteiger partial charge >= 0.3 is 0 Å². The number of halogens is 2. The number of rotatable bonds is 6. The molecule has 0 saturated heterocycles. The van der Waals surface area contributed by atoms with E-state index in [1.807, 2.05) is 24.3 Å². The first kappa shape index (κ1) is 15.4. The Morgan fingerprint density at radius 2 is 1.67 bits per heavy atom. The van der Waals surface area contributed by atoms with Gasteiger partial charge < -0.3 is 10.5 Å². The van der Waals surface area contributed by atoms with E-state index in [1.54, 1.807) is 7.11 Å². The van der Waals surface area contributed by atoms with E-state index in [1.165, 1.54) is 18.2 Å². The molecule has 0 bridgehead atoms. The van der Waals surface area contributed by atoms with Crippen molar-refractivity contribution in [2.45, 2.75) is 12.8 Å². The molecule has 1 atom stereocenters. The fourth-order valence-electron chi connectivity index (χ4n) is 2.44. The van der Waals surface area contributed by atoms with Crippen LogP contribution in [0.5, 0.6) is 5.75 Å². The maximum atomic E-state index is 13.7. The van der Waals surface area contributed by atoms with E-state index in [-0.39, 0.29) is 17.9 Å². The monoisotopic (exact) mass is 291 g/mol. The molecule has 4 heteroatoms. The number of methoxy groups -OCH3 is 1. The second-order valence-corrected chi connectivity index (χ2v) is 5.02. The quantitative estimate of drug-likeness (QED) is 0.886. The maximum Gasteiger partial charge on any atom is 0.129 e. The predicted octanol–water partition coefficient (Wildman–Crippen LogP) is 3.33. The van der Waals surface area contributed by atoms with Gasteiger partial charge in [-0.2, -0.15) is 0 Å². The summed E-state index contributed by atoms with van der Waals surface area (Å²) < 4.78 is 32.8. The van der Waals surface area contributed by atoms with Crippen LogP contribution in [0.1, 0.15) is 11.1 Å². The second kappa shape index (κ2) is 7.18. The number of para-hydroxylation sites is 1. The average Bonchev–Trinajstić information content (AvgIpc) is 2.50. The molecule has 2 rings (SSSR count). The molecule has 0 aliphatic heterocycles. The highest BCUT2D eigenvalue weighted by Gasteiger charge is 2.16. The molecule has 2 N–H and O–H groups in total. The van der Waals surface area contributed by atoms with Gasteiger partial charge in [-0.05, 0) is 49.1 Å². The third-order valence-corrected chi connectivity index (χ3v) is 3.59. The molecule has 0 saturated carbocycles. The summed E-state index contributed by atoms with van der Waals surface area (Å²) in [6.07, 6.45) is 0.890. The summed E-state index contributed by atoms with van der Waals surface area (Å²) in [5.41, 5.74) is 6.87. The first-order valence-corrected chi connectivity index (χ1v) is 6.90. The Morgan fingerprint density at radius 1 is 1.00 bits per heavy atom. The van der Waals surface area contributed by atoms with Crippen LogP contribution in [0.3, 0.4) is 0 Å². The summed E-state index contributed by atoms with van der Waals surface area (Å²) in [7, 11) is 1.60. The molecule has 0 fully saturated rings. The van der Waals surface area contributed by atoms with Crippen molar-refractivity contribution in [1.29, 1.82) is 0 Å². The summed E-state index contributed by atoms with van der Waals surface area (Å²) in [6.45, 7) is 0.353. The molecule has 0 radical (unpaired) electrons. The van der Waals surface area contributed by atoms with Gasteiger partial charge in [-0.15, -0.1) is 0 Å². The Labute approximate surface area is 123 Å². The van der Waals surface area contributed by atoms with Crippen LogP contribution in [-0.2, 0) is 12.8 Å². The minimum Gasteiger partial charge on any atom is -0.496 e. The molecule has 0 aromatic heterocycles. The SMILES string of the molecule is COc1ccccc1CC(CN)Cc1c(F)cccc1F. The predicted molar refractivity (Wildman–Crippen MR) is 79.3 cm³/mol. The Hall–Kier alpha value is -1.94. The van der Waals surface area contributed by atoms with Crippen molar-refractivity contribution in [2.75, 3.05) is 13.7 Å². The third-order valence-electron chi connectivity index (χ3n) is 3.59. The van der Waals surface area contributed by atoms with Gasteiger partial charge in [-0.25, -0.2) is 8.78 Å². The second-order valence-electron chi connectivity index (χ2n) is 5.02. The normalized spacial score (nSPS) is 12.2. The molecular formula is C17H19F2NO. The molecule has 2 aromatic rings. The van der Waals surface area contributed by atoms with Crippen molar-refractivity contribution < 1.29 is 13.5 Å². The highest BCUT2D eigenvalue weighted by molar-refractivity contribution is 5.34. The van der Waals surface area contributed by atoms with Gasteiger partial charge in [0.1, 0.15) is 17.4 Å². The molecule has 0 amide bonds. The van der Waals surface area contributed by atoms with Crippen LogP contribution >= 0.6 is 0 Å². The van der Waals surface area contributed by atoms with Gasteiger partial charge in [0.2, 0.25) is 0 Å². The minimum absolute atomic E-state index is 0.0484. The van der Waals surface area contributed by atoms with E-state index in [2.05, 4.69) is 0 Å². The lowest BCUT2D eigenvalue weighted by Crippen LogP contribution is -2.20. The standard InChI is InChI=1S/C17H19F2NO/c1-21-17-8-3-2-5-13(17)9-12(11-20)10-14-15(18)6-4-7-16(14)19/h2-8,12H,9-11,20H2,1H3. The van der Waals surface area contributed by atoms with Gasteiger partial charge in [-0.1, -0.05) is 24.3 Å². The van der Waals surface area contributed by atoms with Crippen molar-refractivity contribution >= 4 is 0 Å². The van der Waals surface area contributed by atoms with E-state index in [4.69, 9.17) is 10.5 Å². The van der Waals surface area contributed by atoms with Gasteiger partial charge in [0.15, 0.2) is 0 Å². The Bertz CT molecular complexity index is 581. The number of ether oxygens (including phenoxy) is 1. The number of nitrogens with two attached hydrogens (primary N) is 1. The van der Waals surface area contributed by atoms with Crippen molar-refractivity contribution in [3.63, 3.8) is 0 Å². The van der Waals surface area contributed by atoms with Crippen LogP contribution in [0.2, 0.25) is 0 Å². The smallest absolute Gasteiger partial charge is 0.129 e. The molecule has 0 aliphatic carbocycles. The summed E-state index contributed by atoms with van der Waals surface area (Å²) in [5.74, 6) is -0.320. The topological polar surface area (TPSA) is 35.2 Å². The Balaban J connectivity index is 2.17. The number of hydrogen-bond donors (Lipinski definition) is 1. The molecular weight excluding hydrogens is 272 g/mol. The minimum atomic E-state index is -0.520. The third kappa shape index (κ3) is 3.79. The van der Waals surface area contributed by atoms with E-state index < -0.39 is 11.6 Å². The maximum absolute atomic E-state index is 13.7. The molecule has 0 spiro atoms. The largest absolute Gasteiger partial charge is 0.496 e. The van der Waals surface area contributed by atoms with E-state index in [0.717, 1.165) is 11.3 Å². The molecule has 2 nitrogen and oxygen atoms in total. The zero-order chi connectivity index (χ0) is 15.2. The lowest BCUT2D eigenvalue weighted by Gasteiger charge is -2.17. The molecule has 1 unspecified atom stereocenters. The summed E-state index contributed by atoms with van der Waals surface area (Å²) in [6, 6.07) is 11.5. The van der Waals surface area contributed by atoms with Crippen LogP contribution in [0.25, 0.3) is 0 Å². The van der Waals surface area contributed by atoms with Gasteiger partial charge in [-0.3, -0.25) is 0 Å². The fraction of sp³-hybridized carbons (Fsp3) is 0.294. The lowest BCUT2D eigenvalue weighted by molar-refractivity contribution is 0.402. The van der Waals surface area contributed by atoms with Crippen molar-refractivity contribution in [3.8, 4) is 5.75 Å². The molecule has 21 heavy (non-hydrogen) atoms. The van der Waals surface area contributed by atoms with Crippen LogP contribution in [-0.4, -0.2) is 13.7 Å². The number of hydrogen-bond acceptors (Lipinski definition) is 2. The fourth-order valence-corrected chi connectivity index (χ4v) is 2.44. The van der Waals surface area contributed by atoms with E-state index >= 15 is 0 Å². The first-order chi connectivity index (χ1) is 10.2. The van der Waals surface area contributed by atoms with Gasteiger partial charge in [0.25, 0.3) is 0 Å². The number of benzene rings is 2. The molecule has 112 valence electrons. The van der Waals surface area contributed by atoms with Crippen molar-refractivity contribution in [2.24, 2.45) is 11.7 Å². The zero-order valence-electron chi connectivity index (χ0n) is 12.0. The average molecular weight is 291 g/mol. The zero-order valence-corrected chi connectivity index (χ0v) is 12.0. The highest BCUT2D eigenvalue weighted by Crippen LogP contribution is 2.24. The van der Waals surface area contributed by atoms with Crippen LogP contribution in [0.4, 0.5) is 8.78 Å². The van der Waals surface area contributed by atoms with Crippen LogP contribution in [0, 0.1) is 17.6 Å². The lowest BCUT2D eigenvalue weighted by atomic mass is 9.92. The van der Waals surface area contributed by atoms with Gasteiger partial charge in [0, 0.05) is 5.56 Å². The van der Waals surface area contributed by atoms with E-state index in [9.17, 15) is 8.78 Å². The highest BCUT2D eigenvalue weighted by atomic mass is 19.1. The van der Waals surface area contributed by atoms with Gasteiger partial charge in [0.05, 0.1) is 7.11 Å². The van der Waals surface area contributed by atoms with Crippen LogP contribution < -0.4 is 10.5 Å². The molecule has 2 aromatic carbocycles. The summed E-state index contributed by atoms with van der Waals surface area (Å²) in [5, 5.41) is 0. The van der Waals surface area contributed by atoms with Crippen molar-refractivity contribution in [1.82, 2.24) is 0 Å². The summed E-state index contributed by atoms with van der Waals surface area (Å²) >= 11 is 0. The van der Waals surface area contributed by atoms with Crippen molar-refractivity contribution in [3.05, 3.63) is 65.2 Å². The first-order valence-electron chi connectivity index (χ1n) is 6.90. The van der Waals surface area contributed by atoms with Crippen LogP contribution in [0.15, 0.2) is 42.5 Å². The Morgan fingerprint density at radius 3 is 2.29 bits per heavy atom. The summed E-state index contributed by atoms with van der Waals surface area (Å²) in [4.78, 5) is 0. The molecule has 0 heterocycles. The van der Waals surface area contributed by atoms with E-state index in [0.29, 0.717) is 13.0 Å².